The van der Waals surface area contributed by atoms with Crippen molar-refractivity contribution in [3.05, 3.63) is 34.9 Å². The second-order valence-corrected chi connectivity index (χ2v) is 6.67. The molecule has 1 N–H and O–H groups in total. The van der Waals surface area contributed by atoms with Crippen LogP contribution in [-0.4, -0.2) is 17.5 Å². The molecule has 1 saturated carbocycles. The highest BCUT2D eigenvalue weighted by molar-refractivity contribution is 6.31. The fourth-order valence-electron chi connectivity index (χ4n) is 3.17. The minimum absolute atomic E-state index is 0.0601. The van der Waals surface area contributed by atoms with Crippen LogP contribution in [0.5, 0.6) is 0 Å². The number of carbonyl (C=O) groups excluding carboxylic acids is 1. The number of nitrogens with one attached hydrogen (secondary N) is 1. The Morgan fingerprint density at radius 3 is 2.95 bits per heavy atom. The molecule has 0 aromatic heterocycles. The molecule has 4 heteroatoms. The predicted molar refractivity (Wildman–Crippen MR) is 76.4 cm³/mol. The van der Waals surface area contributed by atoms with Gasteiger partial charge in [0.25, 0.3) is 0 Å². The Morgan fingerprint density at radius 1 is 1.42 bits per heavy atom. The van der Waals surface area contributed by atoms with Gasteiger partial charge in [0, 0.05) is 17.0 Å². The fourth-order valence-corrected chi connectivity index (χ4v) is 3.36. The number of nitrogens with zero attached hydrogens (tertiary/aromatic N) is 1. The zero-order valence-corrected chi connectivity index (χ0v) is 11.9. The van der Waals surface area contributed by atoms with Gasteiger partial charge in [-0.05, 0) is 24.0 Å². The van der Waals surface area contributed by atoms with Gasteiger partial charge in [0.05, 0.1) is 17.7 Å². The molecule has 3 nitrogen and oxygen atoms in total. The SMILES string of the molecule is CC1(C)CC(=O)[C@@H]2C(c3cccc(Cl)c3)=NN[C@H]2C1. The first-order valence-electron chi connectivity index (χ1n) is 6.58. The summed E-state index contributed by atoms with van der Waals surface area (Å²) in [7, 11) is 0. The summed E-state index contributed by atoms with van der Waals surface area (Å²) in [5.74, 6) is 0.163. The van der Waals surface area contributed by atoms with Gasteiger partial charge < -0.3 is 5.43 Å². The molecule has 1 aromatic carbocycles. The number of hydrogen-bond donors (Lipinski definition) is 1. The first kappa shape index (κ1) is 12.7. The number of rotatable bonds is 1. The summed E-state index contributed by atoms with van der Waals surface area (Å²) < 4.78 is 0. The maximum absolute atomic E-state index is 12.4. The second kappa shape index (κ2) is 4.34. The summed E-state index contributed by atoms with van der Waals surface area (Å²) in [5, 5.41) is 5.07. The first-order chi connectivity index (χ1) is 8.96. The Morgan fingerprint density at radius 2 is 2.21 bits per heavy atom. The average Bonchev–Trinajstić information content (AvgIpc) is 2.71. The van der Waals surface area contributed by atoms with E-state index in [9.17, 15) is 4.79 Å². The Bertz CT molecular complexity index is 565. The molecule has 2 atom stereocenters. The lowest BCUT2D eigenvalue weighted by Crippen LogP contribution is -2.45. The number of Topliss-reactive ketones (excluding diaryl/α,β-unsaturated/α-hetero) is 1. The number of ketones is 1. The minimum atomic E-state index is -0.119. The summed E-state index contributed by atoms with van der Waals surface area (Å²) in [6.45, 7) is 4.28. The molecule has 1 aliphatic heterocycles. The van der Waals surface area contributed by atoms with Crippen molar-refractivity contribution in [3.63, 3.8) is 0 Å². The molecule has 100 valence electrons. The fraction of sp³-hybridized carbons (Fsp3) is 0.467. The Kier molecular flexibility index (Phi) is 2.90. The van der Waals surface area contributed by atoms with Crippen LogP contribution in [-0.2, 0) is 4.79 Å². The van der Waals surface area contributed by atoms with Gasteiger partial charge in [-0.15, -0.1) is 0 Å². The topological polar surface area (TPSA) is 41.5 Å². The lowest BCUT2D eigenvalue weighted by molar-refractivity contribution is -0.126. The summed E-state index contributed by atoms with van der Waals surface area (Å²) in [5.41, 5.74) is 4.98. The summed E-state index contributed by atoms with van der Waals surface area (Å²) in [6.07, 6.45) is 1.59. The number of hydrogen-bond acceptors (Lipinski definition) is 3. The van der Waals surface area contributed by atoms with E-state index in [1.165, 1.54) is 0 Å². The molecule has 1 aliphatic carbocycles. The molecule has 0 radical (unpaired) electrons. The van der Waals surface area contributed by atoms with Crippen LogP contribution in [0.4, 0.5) is 0 Å². The van der Waals surface area contributed by atoms with Crippen molar-refractivity contribution in [2.75, 3.05) is 0 Å². The highest BCUT2D eigenvalue weighted by Gasteiger charge is 2.46. The molecule has 0 bridgehead atoms. The van der Waals surface area contributed by atoms with Crippen LogP contribution in [0.2, 0.25) is 5.02 Å². The van der Waals surface area contributed by atoms with Gasteiger partial charge in [-0.3, -0.25) is 4.79 Å². The van der Waals surface area contributed by atoms with Crippen LogP contribution >= 0.6 is 11.6 Å². The van der Waals surface area contributed by atoms with E-state index in [4.69, 9.17) is 11.6 Å². The third kappa shape index (κ3) is 2.27. The number of hydrazone groups is 1. The van der Waals surface area contributed by atoms with Crippen molar-refractivity contribution in [2.45, 2.75) is 32.7 Å². The lowest BCUT2D eigenvalue weighted by Gasteiger charge is -2.36. The van der Waals surface area contributed by atoms with E-state index in [0.29, 0.717) is 11.4 Å². The third-order valence-electron chi connectivity index (χ3n) is 3.94. The van der Waals surface area contributed by atoms with Gasteiger partial charge in [-0.25, -0.2) is 0 Å². The normalized spacial score (nSPS) is 28.6. The summed E-state index contributed by atoms with van der Waals surface area (Å²) in [6, 6.07) is 7.69. The molecule has 19 heavy (non-hydrogen) atoms. The predicted octanol–water partition coefficient (Wildman–Crippen LogP) is 3.02. The number of carbonyl (C=O) groups is 1. The van der Waals surface area contributed by atoms with Crippen LogP contribution in [0.3, 0.4) is 0 Å². The van der Waals surface area contributed by atoms with E-state index in [-0.39, 0.29) is 23.2 Å². The number of benzene rings is 1. The van der Waals surface area contributed by atoms with E-state index in [1.807, 2.05) is 24.3 Å². The molecule has 1 fully saturated rings. The van der Waals surface area contributed by atoms with Gasteiger partial charge >= 0.3 is 0 Å². The number of fused-ring (bicyclic) bond motifs is 1. The standard InChI is InChI=1S/C15H17ClN2O/c1-15(2)7-11-13(12(19)8-15)14(18-17-11)9-4-3-5-10(16)6-9/h3-6,11,13,17H,7-8H2,1-2H3/t11-,13+/m0/s1. The number of halogens is 1. The zero-order valence-electron chi connectivity index (χ0n) is 11.1. The summed E-state index contributed by atoms with van der Waals surface area (Å²) in [4.78, 5) is 12.4. The highest BCUT2D eigenvalue weighted by Crippen LogP contribution is 2.39. The van der Waals surface area contributed by atoms with Crippen molar-refractivity contribution in [3.8, 4) is 0 Å². The Balaban J connectivity index is 1.93. The van der Waals surface area contributed by atoms with Gasteiger partial charge in [0.1, 0.15) is 5.78 Å². The molecule has 0 spiro atoms. The quantitative estimate of drug-likeness (QED) is 0.857. The lowest BCUT2D eigenvalue weighted by atomic mass is 9.68. The monoisotopic (exact) mass is 276 g/mol. The van der Waals surface area contributed by atoms with E-state index in [2.05, 4.69) is 24.4 Å². The average molecular weight is 277 g/mol. The molecule has 3 rings (SSSR count). The van der Waals surface area contributed by atoms with E-state index < -0.39 is 0 Å². The molecular formula is C15H17ClN2O. The first-order valence-corrected chi connectivity index (χ1v) is 6.96. The molecule has 0 saturated heterocycles. The van der Waals surface area contributed by atoms with Crippen LogP contribution in [0.15, 0.2) is 29.4 Å². The Hall–Kier alpha value is -1.35. The zero-order chi connectivity index (χ0) is 13.6. The van der Waals surface area contributed by atoms with Crippen molar-refractivity contribution >= 4 is 23.1 Å². The van der Waals surface area contributed by atoms with Crippen molar-refractivity contribution in [1.82, 2.24) is 5.43 Å². The molecule has 0 amide bonds. The molecule has 1 aromatic rings. The van der Waals surface area contributed by atoms with E-state index >= 15 is 0 Å². The van der Waals surface area contributed by atoms with Crippen molar-refractivity contribution < 1.29 is 4.79 Å². The van der Waals surface area contributed by atoms with Gasteiger partial charge in [0.2, 0.25) is 0 Å². The van der Waals surface area contributed by atoms with Crippen LogP contribution in [0.1, 0.15) is 32.3 Å². The molecule has 2 aliphatic rings. The minimum Gasteiger partial charge on any atom is -0.306 e. The molecular weight excluding hydrogens is 260 g/mol. The maximum Gasteiger partial charge on any atom is 0.144 e. The van der Waals surface area contributed by atoms with E-state index in [0.717, 1.165) is 17.7 Å². The van der Waals surface area contributed by atoms with Crippen molar-refractivity contribution in [2.24, 2.45) is 16.4 Å². The second-order valence-electron chi connectivity index (χ2n) is 6.23. The summed E-state index contributed by atoms with van der Waals surface area (Å²) >= 11 is 6.02. The molecule has 0 unspecified atom stereocenters. The third-order valence-corrected chi connectivity index (χ3v) is 4.18. The van der Waals surface area contributed by atoms with Crippen LogP contribution in [0, 0.1) is 11.3 Å². The highest BCUT2D eigenvalue weighted by atomic mass is 35.5. The van der Waals surface area contributed by atoms with E-state index in [1.54, 1.807) is 0 Å². The largest absolute Gasteiger partial charge is 0.306 e. The van der Waals surface area contributed by atoms with Gasteiger partial charge in [-0.2, -0.15) is 5.10 Å². The van der Waals surface area contributed by atoms with Gasteiger partial charge in [0.15, 0.2) is 0 Å². The van der Waals surface area contributed by atoms with Crippen molar-refractivity contribution in [1.29, 1.82) is 0 Å². The Labute approximate surface area is 118 Å². The van der Waals surface area contributed by atoms with Gasteiger partial charge in [-0.1, -0.05) is 37.6 Å². The van der Waals surface area contributed by atoms with Crippen LogP contribution < -0.4 is 5.43 Å². The van der Waals surface area contributed by atoms with Crippen LogP contribution in [0.25, 0.3) is 0 Å². The smallest absolute Gasteiger partial charge is 0.144 e. The molecule has 1 heterocycles. The maximum atomic E-state index is 12.4.